The van der Waals surface area contributed by atoms with Gasteiger partial charge in [0.1, 0.15) is 0 Å². The van der Waals surface area contributed by atoms with E-state index in [1.165, 1.54) is 0 Å². The van der Waals surface area contributed by atoms with Crippen LogP contribution >= 0.6 is 0 Å². The second kappa shape index (κ2) is 3.01. The zero-order valence-corrected chi connectivity index (χ0v) is 7.66. The van der Waals surface area contributed by atoms with Crippen LogP contribution in [-0.4, -0.2) is 4.98 Å². The van der Waals surface area contributed by atoms with Gasteiger partial charge in [0.25, 0.3) is 5.95 Å². The Morgan fingerprint density at radius 1 is 1.15 bits per heavy atom. The molecule has 0 saturated carbocycles. The number of nitrogens with zero attached hydrogens (tertiary/aromatic N) is 1. The van der Waals surface area contributed by atoms with Gasteiger partial charge in [0.2, 0.25) is 5.95 Å². The molecule has 0 radical (unpaired) electrons. The van der Waals surface area contributed by atoms with E-state index in [-0.39, 0.29) is 5.56 Å². The normalized spacial score (nSPS) is 11.8. The van der Waals surface area contributed by atoms with Gasteiger partial charge in [-0.3, -0.25) is 0 Å². The Hall–Kier alpha value is -1.06. The molecule has 1 aromatic heterocycles. The van der Waals surface area contributed by atoms with Crippen molar-refractivity contribution >= 4 is 0 Å². The summed E-state index contributed by atoms with van der Waals surface area (Å²) in [5, 5.41) is 0. The molecule has 0 aliphatic heterocycles. The molecule has 0 N–H and O–H groups in total. The maximum Gasteiger partial charge on any atom is 0.251 e. The summed E-state index contributed by atoms with van der Waals surface area (Å²) in [5.41, 5.74) is -0.633. The van der Waals surface area contributed by atoms with Gasteiger partial charge in [-0.25, -0.2) is 4.39 Å². The first-order valence-electron chi connectivity index (χ1n) is 3.84. The third-order valence-electron chi connectivity index (χ3n) is 1.69. The topological polar surface area (TPSA) is 12.9 Å². The summed E-state index contributed by atoms with van der Waals surface area (Å²) in [6.45, 7) is 5.01. The van der Waals surface area contributed by atoms with Crippen LogP contribution in [0.2, 0.25) is 0 Å². The summed E-state index contributed by atoms with van der Waals surface area (Å²) in [6, 6.07) is 0.915. The molecular weight excluding hydrogens is 179 g/mol. The molecule has 0 fully saturated rings. The van der Waals surface area contributed by atoms with Gasteiger partial charge in [-0.1, -0.05) is 20.8 Å². The summed E-state index contributed by atoms with van der Waals surface area (Å²) in [5.74, 6) is -3.46. The predicted molar refractivity (Wildman–Crippen MR) is 42.8 cm³/mol. The molecule has 0 aliphatic rings. The number of hydrogen-bond donors (Lipinski definition) is 0. The van der Waals surface area contributed by atoms with Crippen LogP contribution in [0.3, 0.4) is 0 Å². The average Bonchev–Trinajstić information content (AvgIpc) is 1.94. The monoisotopic (exact) mass is 189 g/mol. The highest BCUT2D eigenvalue weighted by Gasteiger charge is 2.22. The zero-order valence-electron chi connectivity index (χ0n) is 7.66. The van der Waals surface area contributed by atoms with Crippen molar-refractivity contribution in [3.63, 3.8) is 0 Å². The molecule has 0 spiro atoms. The number of halogens is 3. The van der Waals surface area contributed by atoms with E-state index in [2.05, 4.69) is 4.98 Å². The molecule has 1 heterocycles. The molecule has 13 heavy (non-hydrogen) atoms. The molecule has 0 atom stereocenters. The minimum absolute atomic E-state index is 0.00231. The van der Waals surface area contributed by atoms with Gasteiger partial charge in [-0.2, -0.15) is 13.8 Å². The van der Waals surface area contributed by atoms with E-state index in [9.17, 15) is 13.2 Å². The lowest BCUT2D eigenvalue weighted by Gasteiger charge is -2.19. The van der Waals surface area contributed by atoms with Crippen LogP contribution < -0.4 is 0 Å². The predicted octanol–water partition coefficient (Wildman–Crippen LogP) is 2.80. The zero-order chi connectivity index (χ0) is 10.2. The van der Waals surface area contributed by atoms with Gasteiger partial charge >= 0.3 is 0 Å². The van der Waals surface area contributed by atoms with Crippen molar-refractivity contribution in [3.05, 3.63) is 29.3 Å². The summed E-state index contributed by atoms with van der Waals surface area (Å²) in [7, 11) is 0. The second-order valence-electron chi connectivity index (χ2n) is 3.85. The first-order valence-corrected chi connectivity index (χ1v) is 3.84. The molecule has 1 rings (SSSR count). The Kier molecular flexibility index (Phi) is 2.32. The highest BCUT2D eigenvalue weighted by molar-refractivity contribution is 5.22. The number of rotatable bonds is 0. The van der Waals surface area contributed by atoms with Gasteiger partial charge in [0.15, 0.2) is 5.82 Å². The third kappa shape index (κ3) is 1.99. The van der Waals surface area contributed by atoms with Crippen molar-refractivity contribution in [1.29, 1.82) is 0 Å². The van der Waals surface area contributed by atoms with Crippen LogP contribution in [0.25, 0.3) is 0 Å². The largest absolute Gasteiger partial charge is 0.251 e. The lowest BCUT2D eigenvalue weighted by molar-refractivity contribution is 0.417. The van der Waals surface area contributed by atoms with Gasteiger partial charge in [-0.15, -0.1) is 0 Å². The van der Waals surface area contributed by atoms with Crippen LogP contribution in [0.5, 0.6) is 0 Å². The van der Waals surface area contributed by atoms with Crippen molar-refractivity contribution in [2.45, 2.75) is 26.2 Å². The second-order valence-corrected chi connectivity index (χ2v) is 3.85. The van der Waals surface area contributed by atoms with E-state index in [4.69, 9.17) is 0 Å². The average molecular weight is 189 g/mol. The molecule has 4 heteroatoms. The fraction of sp³-hybridized carbons (Fsp3) is 0.444. The van der Waals surface area contributed by atoms with Gasteiger partial charge in [0.05, 0.1) is 0 Å². The van der Waals surface area contributed by atoms with E-state index in [1.54, 1.807) is 20.8 Å². The molecule has 0 unspecified atom stereocenters. The summed E-state index contributed by atoms with van der Waals surface area (Å²) in [4.78, 5) is 2.74. The molecular formula is C9H10F3N. The van der Waals surface area contributed by atoms with Crippen LogP contribution in [0.4, 0.5) is 13.2 Å². The van der Waals surface area contributed by atoms with Gasteiger partial charge in [0, 0.05) is 11.6 Å². The molecule has 1 aromatic rings. The lowest BCUT2D eigenvalue weighted by atomic mass is 9.87. The standard InChI is InChI=1S/C9H10F3N/c1-9(2,3)5-4-6(10)13-8(12)7(5)11/h4H,1-3H3. The van der Waals surface area contributed by atoms with Gasteiger partial charge in [-0.05, 0) is 5.41 Å². The van der Waals surface area contributed by atoms with E-state index >= 15 is 0 Å². The van der Waals surface area contributed by atoms with E-state index in [0.29, 0.717) is 0 Å². The molecule has 0 amide bonds. The van der Waals surface area contributed by atoms with Crippen molar-refractivity contribution < 1.29 is 13.2 Å². The smallest absolute Gasteiger partial charge is 0.202 e. The first kappa shape index (κ1) is 10.0. The Labute approximate surface area is 74.6 Å². The Morgan fingerprint density at radius 2 is 1.69 bits per heavy atom. The minimum Gasteiger partial charge on any atom is -0.202 e. The van der Waals surface area contributed by atoms with Crippen molar-refractivity contribution in [2.75, 3.05) is 0 Å². The number of pyridine rings is 1. The number of hydrogen-bond acceptors (Lipinski definition) is 1. The molecule has 0 aliphatic carbocycles. The molecule has 0 bridgehead atoms. The summed E-state index contributed by atoms with van der Waals surface area (Å²) in [6.07, 6.45) is 0. The summed E-state index contributed by atoms with van der Waals surface area (Å²) < 4.78 is 38.3. The van der Waals surface area contributed by atoms with Crippen LogP contribution in [-0.2, 0) is 5.41 Å². The fourth-order valence-electron chi connectivity index (χ4n) is 1.01. The third-order valence-corrected chi connectivity index (χ3v) is 1.69. The van der Waals surface area contributed by atoms with Crippen molar-refractivity contribution in [3.8, 4) is 0 Å². The molecule has 72 valence electrons. The quantitative estimate of drug-likeness (QED) is 0.572. The van der Waals surface area contributed by atoms with E-state index in [0.717, 1.165) is 6.07 Å². The minimum atomic E-state index is -1.38. The molecule has 1 nitrogen and oxygen atoms in total. The molecule has 0 saturated heterocycles. The van der Waals surface area contributed by atoms with E-state index in [1.807, 2.05) is 0 Å². The Morgan fingerprint density at radius 3 is 2.15 bits per heavy atom. The molecule has 0 aromatic carbocycles. The van der Waals surface area contributed by atoms with Gasteiger partial charge < -0.3 is 0 Å². The lowest BCUT2D eigenvalue weighted by Crippen LogP contribution is -2.16. The fourth-order valence-corrected chi connectivity index (χ4v) is 1.01. The first-order chi connectivity index (χ1) is 5.82. The van der Waals surface area contributed by atoms with Crippen molar-refractivity contribution in [2.24, 2.45) is 0 Å². The summed E-state index contributed by atoms with van der Waals surface area (Å²) >= 11 is 0. The Balaban J connectivity index is 3.37. The highest BCUT2D eigenvalue weighted by atomic mass is 19.2. The maximum atomic E-state index is 13.1. The Bertz CT molecular complexity index is 328. The highest BCUT2D eigenvalue weighted by Crippen LogP contribution is 2.25. The van der Waals surface area contributed by atoms with Crippen LogP contribution in [0, 0.1) is 17.7 Å². The van der Waals surface area contributed by atoms with E-state index < -0.39 is 23.1 Å². The maximum absolute atomic E-state index is 13.1. The number of aromatic nitrogens is 1. The van der Waals surface area contributed by atoms with Crippen LogP contribution in [0.1, 0.15) is 26.3 Å². The van der Waals surface area contributed by atoms with Crippen LogP contribution in [0.15, 0.2) is 6.07 Å². The SMILES string of the molecule is CC(C)(C)c1cc(F)nc(F)c1F. The van der Waals surface area contributed by atoms with Crippen molar-refractivity contribution in [1.82, 2.24) is 4.98 Å².